The van der Waals surface area contributed by atoms with Crippen LogP contribution < -0.4 is 5.32 Å². The number of anilines is 1. The van der Waals surface area contributed by atoms with Gasteiger partial charge in [0, 0.05) is 17.4 Å². The van der Waals surface area contributed by atoms with Crippen molar-refractivity contribution in [2.45, 2.75) is 64.7 Å². The Morgan fingerprint density at radius 2 is 1.88 bits per heavy atom. The van der Waals surface area contributed by atoms with E-state index in [1.165, 1.54) is 43.2 Å². The van der Waals surface area contributed by atoms with Gasteiger partial charge in [-0.1, -0.05) is 43.0 Å². The van der Waals surface area contributed by atoms with Gasteiger partial charge < -0.3 is 5.32 Å². The van der Waals surface area contributed by atoms with Crippen LogP contribution in [0.15, 0.2) is 18.2 Å². The van der Waals surface area contributed by atoms with Crippen LogP contribution in [-0.2, 0) is 4.79 Å². The lowest BCUT2D eigenvalue weighted by molar-refractivity contribution is -0.120. The van der Waals surface area contributed by atoms with E-state index in [0.29, 0.717) is 5.92 Å². The highest BCUT2D eigenvalue weighted by molar-refractivity contribution is 5.97. The Labute approximate surface area is 149 Å². The maximum Gasteiger partial charge on any atom is 0.227 e. The average molecular weight is 337 g/mol. The molecule has 0 aliphatic heterocycles. The Bertz CT molecular complexity index is 782. The van der Waals surface area contributed by atoms with Crippen molar-refractivity contribution >= 4 is 11.6 Å². The normalized spacial score (nSPS) is 18.3. The van der Waals surface area contributed by atoms with Crippen LogP contribution in [0.4, 0.5) is 5.69 Å². The SMILES string of the molecule is Cc1ccc(-c2n[nH]c(C3CC3)c2NC(=O)C2CCCCC2)c(C)c1. The molecular weight excluding hydrogens is 310 g/mol. The van der Waals surface area contributed by atoms with Crippen molar-refractivity contribution in [2.75, 3.05) is 5.32 Å². The first-order valence-electron chi connectivity index (χ1n) is 9.60. The fourth-order valence-electron chi connectivity index (χ4n) is 4.01. The highest BCUT2D eigenvalue weighted by Crippen LogP contribution is 2.45. The number of benzene rings is 1. The molecule has 0 saturated heterocycles. The van der Waals surface area contributed by atoms with Crippen LogP contribution >= 0.6 is 0 Å². The van der Waals surface area contributed by atoms with Gasteiger partial charge in [-0.05, 0) is 45.1 Å². The molecule has 2 saturated carbocycles. The number of aromatic amines is 1. The number of aromatic nitrogens is 2. The summed E-state index contributed by atoms with van der Waals surface area (Å²) in [4.78, 5) is 12.8. The maximum atomic E-state index is 12.8. The quantitative estimate of drug-likeness (QED) is 0.816. The summed E-state index contributed by atoms with van der Waals surface area (Å²) in [6, 6.07) is 6.40. The maximum absolute atomic E-state index is 12.8. The summed E-state index contributed by atoms with van der Waals surface area (Å²) in [7, 11) is 0. The zero-order valence-electron chi connectivity index (χ0n) is 15.2. The van der Waals surface area contributed by atoms with E-state index in [4.69, 9.17) is 0 Å². The molecule has 0 spiro atoms. The molecule has 2 aromatic rings. The van der Waals surface area contributed by atoms with E-state index < -0.39 is 0 Å². The largest absolute Gasteiger partial charge is 0.322 e. The minimum absolute atomic E-state index is 0.155. The number of H-pyrrole nitrogens is 1. The van der Waals surface area contributed by atoms with Gasteiger partial charge in [0.1, 0.15) is 5.69 Å². The number of hydrogen-bond donors (Lipinski definition) is 2. The summed E-state index contributed by atoms with van der Waals surface area (Å²) in [5.74, 6) is 0.852. The van der Waals surface area contributed by atoms with Gasteiger partial charge in [0.15, 0.2) is 0 Å². The first kappa shape index (κ1) is 16.4. The van der Waals surface area contributed by atoms with Crippen molar-refractivity contribution in [1.29, 1.82) is 0 Å². The Kier molecular flexibility index (Phi) is 4.36. The summed E-state index contributed by atoms with van der Waals surface area (Å²) < 4.78 is 0. The minimum Gasteiger partial charge on any atom is -0.322 e. The van der Waals surface area contributed by atoms with Crippen LogP contribution in [0.25, 0.3) is 11.3 Å². The minimum atomic E-state index is 0.155. The first-order chi connectivity index (χ1) is 12.1. The molecule has 2 fully saturated rings. The van der Waals surface area contributed by atoms with Gasteiger partial charge >= 0.3 is 0 Å². The van der Waals surface area contributed by atoms with E-state index in [1.54, 1.807) is 0 Å². The van der Waals surface area contributed by atoms with Gasteiger partial charge in [-0.15, -0.1) is 0 Å². The van der Waals surface area contributed by atoms with Gasteiger partial charge in [0.2, 0.25) is 5.91 Å². The van der Waals surface area contributed by atoms with Gasteiger partial charge in [-0.25, -0.2) is 0 Å². The number of aryl methyl sites for hydroxylation is 2. The van der Waals surface area contributed by atoms with E-state index in [1.807, 2.05) is 0 Å². The van der Waals surface area contributed by atoms with E-state index in [2.05, 4.69) is 47.6 Å². The number of nitrogens with one attached hydrogen (secondary N) is 2. The first-order valence-corrected chi connectivity index (χ1v) is 9.60. The predicted octanol–water partition coefficient (Wildman–Crippen LogP) is 5.09. The molecule has 4 nitrogen and oxygen atoms in total. The summed E-state index contributed by atoms with van der Waals surface area (Å²) >= 11 is 0. The predicted molar refractivity (Wildman–Crippen MR) is 101 cm³/mol. The Morgan fingerprint density at radius 1 is 1.12 bits per heavy atom. The third-order valence-electron chi connectivity index (χ3n) is 5.64. The highest BCUT2D eigenvalue weighted by atomic mass is 16.1. The molecule has 132 valence electrons. The average Bonchev–Trinajstić information content (AvgIpc) is 3.38. The second-order valence-corrected chi connectivity index (χ2v) is 7.78. The molecule has 0 radical (unpaired) electrons. The molecular formula is C21H27N3O. The molecule has 4 rings (SSSR count). The number of hydrogen-bond acceptors (Lipinski definition) is 2. The lowest BCUT2D eigenvalue weighted by atomic mass is 9.88. The summed E-state index contributed by atoms with van der Waals surface area (Å²) in [5.41, 5.74) is 6.47. The molecule has 0 atom stereocenters. The van der Waals surface area contributed by atoms with Crippen molar-refractivity contribution in [3.05, 3.63) is 35.0 Å². The summed E-state index contributed by atoms with van der Waals surface area (Å²) in [5, 5.41) is 11.1. The van der Waals surface area contributed by atoms with Crippen LogP contribution in [0, 0.1) is 19.8 Å². The van der Waals surface area contributed by atoms with Crippen LogP contribution in [-0.4, -0.2) is 16.1 Å². The molecule has 2 N–H and O–H groups in total. The Balaban J connectivity index is 1.67. The smallest absolute Gasteiger partial charge is 0.227 e. The van der Waals surface area contributed by atoms with Crippen molar-refractivity contribution < 1.29 is 4.79 Å². The fourth-order valence-corrected chi connectivity index (χ4v) is 4.01. The molecule has 0 unspecified atom stereocenters. The van der Waals surface area contributed by atoms with Crippen LogP contribution in [0.1, 0.15) is 67.7 Å². The van der Waals surface area contributed by atoms with Crippen molar-refractivity contribution in [1.82, 2.24) is 10.2 Å². The molecule has 0 bridgehead atoms. The van der Waals surface area contributed by atoms with Crippen molar-refractivity contribution in [2.24, 2.45) is 5.92 Å². The molecule has 1 amide bonds. The fraction of sp³-hybridized carbons (Fsp3) is 0.524. The number of carbonyl (C=O) groups is 1. The molecule has 2 aliphatic rings. The van der Waals surface area contributed by atoms with Crippen molar-refractivity contribution in [3.8, 4) is 11.3 Å². The second kappa shape index (κ2) is 6.66. The molecule has 1 aromatic heterocycles. The standard InChI is InChI=1S/C21H27N3O/c1-13-8-11-17(14(2)12-13)19-20(18(23-24-19)15-9-10-15)22-21(25)16-6-4-3-5-7-16/h8,11-12,15-16H,3-7,9-10H2,1-2H3,(H,22,25)(H,23,24). The molecule has 1 aromatic carbocycles. The number of nitrogens with zero attached hydrogens (tertiary/aromatic N) is 1. The van der Waals surface area contributed by atoms with Gasteiger partial charge in [0.25, 0.3) is 0 Å². The van der Waals surface area contributed by atoms with Crippen LogP contribution in [0.5, 0.6) is 0 Å². The number of rotatable bonds is 4. The number of carbonyl (C=O) groups excluding carboxylic acids is 1. The van der Waals surface area contributed by atoms with Gasteiger partial charge in [-0.2, -0.15) is 5.10 Å². The van der Waals surface area contributed by atoms with Gasteiger partial charge in [-0.3, -0.25) is 9.89 Å². The summed E-state index contributed by atoms with van der Waals surface area (Å²) in [6.07, 6.45) is 7.99. The van der Waals surface area contributed by atoms with E-state index in [-0.39, 0.29) is 11.8 Å². The van der Waals surface area contributed by atoms with Gasteiger partial charge in [0.05, 0.1) is 11.4 Å². The Hall–Kier alpha value is -2.10. The zero-order valence-corrected chi connectivity index (χ0v) is 15.2. The van der Waals surface area contributed by atoms with Crippen molar-refractivity contribution in [3.63, 3.8) is 0 Å². The molecule has 25 heavy (non-hydrogen) atoms. The highest BCUT2D eigenvalue weighted by Gasteiger charge is 2.32. The lowest BCUT2D eigenvalue weighted by Crippen LogP contribution is -2.25. The van der Waals surface area contributed by atoms with Crippen LogP contribution in [0.2, 0.25) is 0 Å². The zero-order chi connectivity index (χ0) is 17.4. The second-order valence-electron chi connectivity index (χ2n) is 7.78. The topological polar surface area (TPSA) is 57.8 Å². The van der Waals surface area contributed by atoms with Crippen LogP contribution in [0.3, 0.4) is 0 Å². The molecule has 1 heterocycles. The lowest BCUT2D eigenvalue weighted by Gasteiger charge is -2.21. The third kappa shape index (κ3) is 3.35. The van der Waals surface area contributed by atoms with E-state index in [9.17, 15) is 4.79 Å². The third-order valence-corrected chi connectivity index (χ3v) is 5.64. The van der Waals surface area contributed by atoms with E-state index >= 15 is 0 Å². The Morgan fingerprint density at radius 3 is 2.56 bits per heavy atom. The number of amides is 1. The monoisotopic (exact) mass is 337 g/mol. The molecule has 4 heteroatoms. The molecule has 2 aliphatic carbocycles. The van der Waals surface area contributed by atoms with E-state index in [0.717, 1.165) is 35.5 Å². The summed E-state index contributed by atoms with van der Waals surface area (Å²) in [6.45, 7) is 4.21.